The van der Waals surface area contributed by atoms with Crippen LogP contribution < -0.4 is 11.5 Å². The van der Waals surface area contributed by atoms with Crippen molar-refractivity contribution < 1.29 is 0 Å². The molecule has 0 amide bonds. The second kappa shape index (κ2) is 20.4. The molecule has 4 heteroatoms. The SMILES string of the molecule is C/C=C/C=C\C=C/N.CC1(C)C(/C=C/C=C/Cc2ccc(-n3c4ccc(-c5ccccc5)cc4c4cc(-c5ccc6c(c5)c5ccccc5n6-c5ccccc5)ccc43)cc2)=C(/C=C\N)c2ccccc21. The van der Waals surface area contributed by atoms with Crippen LogP contribution in [0.1, 0.15) is 37.5 Å². The van der Waals surface area contributed by atoms with Crippen LogP contribution in [0.5, 0.6) is 0 Å². The van der Waals surface area contributed by atoms with Crippen LogP contribution in [0.2, 0.25) is 0 Å². The van der Waals surface area contributed by atoms with E-state index in [0.29, 0.717) is 0 Å². The van der Waals surface area contributed by atoms with Crippen molar-refractivity contribution in [1.29, 1.82) is 0 Å². The quantitative estimate of drug-likeness (QED) is 0.127. The van der Waals surface area contributed by atoms with E-state index in [-0.39, 0.29) is 5.41 Å². The number of aromatic nitrogens is 2. The minimum absolute atomic E-state index is 0.0944. The van der Waals surface area contributed by atoms with E-state index in [1.165, 1.54) is 106 Å². The maximum atomic E-state index is 5.90. The van der Waals surface area contributed by atoms with Crippen molar-refractivity contribution in [2.75, 3.05) is 0 Å². The topological polar surface area (TPSA) is 61.9 Å². The van der Waals surface area contributed by atoms with Crippen LogP contribution in [-0.4, -0.2) is 9.13 Å². The van der Waals surface area contributed by atoms with Gasteiger partial charge < -0.3 is 20.6 Å². The first-order valence-electron chi connectivity index (χ1n) is 24.4. The average Bonchev–Trinajstić information content (AvgIpc) is 4.00. The molecule has 1 aliphatic rings. The molecule has 2 heterocycles. The summed E-state index contributed by atoms with van der Waals surface area (Å²) in [4.78, 5) is 0. The molecular weight excluding hydrogens is 861 g/mol. The molecule has 71 heavy (non-hydrogen) atoms. The van der Waals surface area contributed by atoms with Crippen molar-refractivity contribution in [1.82, 2.24) is 9.13 Å². The Bertz CT molecular complexity index is 3740. The minimum Gasteiger partial charge on any atom is -0.405 e. The molecule has 11 rings (SSSR count). The summed E-state index contributed by atoms with van der Waals surface area (Å²) < 4.78 is 4.80. The maximum absolute atomic E-state index is 5.90. The fourth-order valence-electron chi connectivity index (χ4n) is 10.3. The standard InChI is InChI=1S/C60H47N3.C7H11N/c1-60(2)54-24-14-12-21-48(54)49(36-37-61)55(60)23-11-3-6-16-41-26-31-47(32-27-41)63-58-33-28-43(42-17-7-4-8-18-42)38-52(58)53-40-45(30-35-59(53)63)44-29-34-57-51(39-44)50-22-13-15-25-56(50)62(57)46-19-9-5-10-20-46;1-2-3-4-5-6-7-8/h3-15,17-40H,16,61H2,1-2H3;2-7H,8H2,1H3/b6-3+,23-11+,37-36-;3-2+,5-4-,7-6-. The molecule has 0 unspecified atom stereocenters. The molecule has 0 saturated heterocycles. The highest BCUT2D eigenvalue weighted by Gasteiger charge is 2.35. The number of hydrogen-bond acceptors (Lipinski definition) is 2. The van der Waals surface area contributed by atoms with Crippen molar-refractivity contribution in [3.05, 3.63) is 283 Å². The third-order valence-electron chi connectivity index (χ3n) is 13.7. The third-order valence-corrected chi connectivity index (χ3v) is 13.7. The molecule has 0 bridgehead atoms. The predicted molar refractivity (Wildman–Crippen MR) is 305 cm³/mol. The van der Waals surface area contributed by atoms with Crippen LogP contribution in [0.3, 0.4) is 0 Å². The second-order valence-corrected chi connectivity index (χ2v) is 18.4. The lowest BCUT2D eigenvalue weighted by molar-refractivity contribution is 0.654. The number of nitrogens with two attached hydrogens (primary N) is 2. The monoisotopic (exact) mass is 918 g/mol. The third kappa shape index (κ3) is 9.00. The van der Waals surface area contributed by atoms with Gasteiger partial charge in [0, 0.05) is 38.3 Å². The molecule has 0 atom stereocenters. The Hall–Kier alpha value is -8.86. The van der Waals surface area contributed by atoms with E-state index in [0.717, 1.165) is 12.1 Å². The summed E-state index contributed by atoms with van der Waals surface area (Å²) in [5.41, 5.74) is 29.1. The summed E-state index contributed by atoms with van der Waals surface area (Å²) in [5.74, 6) is 0. The first kappa shape index (κ1) is 45.9. The van der Waals surface area contributed by atoms with Crippen LogP contribution in [0.4, 0.5) is 0 Å². The average molecular weight is 919 g/mol. The number of benzene rings is 8. The van der Waals surface area contributed by atoms with Crippen molar-refractivity contribution in [3.63, 3.8) is 0 Å². The van der Waals surface area contributed by atoms with Gasteiger partial charge in [-0.1, -0.05) is 184 Å². The zero-order valence-electron chi connectivity index (χ0n) is 40.6. The van der Waals surface area contributed by atoms with Crippen LogP contribution in [-0.2, 0) is 11.8 Å². The second-order valence-electron chi connectivity index (χ2n) is 18.4. The van der Waals surface area contributed by atoms with Gasteiger partial charge in [-0.2, -0.15) is 0 Å². The van der Waals surface area contributed by atoms with Gasteiger partial charge in [-0.25, -0.2) is 0 Å². The Morgan fingerprint density at radius 3 is 1.61 bits per heavy atom. The van der Waals surface area contributed by atoms with Crippen molar-refractivity contribution in [2.45, 2.75) is 32.6 Å². The van der Waals surface area contributed by atoms with Gasteiger partial charge in [0.25, 0.3) is 0 Å². The van der Waals surface area contributed by atoms with E-state index in [1.807, 2.05) is 37.3 Å². The fraction of sp³-hybridized carbons (Fsp3) is 0.0746. The van der Waals surface area contributed by atoms with E-state index in [2.05, 4.69) is 235 Å². The number of rotatable bonds is 11. The molecule has 0 fully saturated rings. The molecule has 1 aliphatic carbocycles. The molecule has 4 nitrogen and oxygen atoms in total. The Labute approximate surface area is 417 Å². The normalized spacial score (nSPS) is 13.7. The first-order valence-corrected chi connectivity index (χ1v) is 24.4. The highest BCUT2D eigenvalue weighted by molar-refractivity contribution is 6.13. The van der Waals surface area contributed by atoms with Gasteiger partial charge in [-0.05, 0) is 155 Å². The lowest BCUT2D eigenvalue weighted by atomic mass is 9.81. The number of para-hydroxylation sites is 2. The lowest BCUT2D eigenvalue weighted by Gasteiger charge is -2.22. The Morgan fingerprint density at radius 1 is 0.437 bits per heavy atom. The maximum Gasteiger partial charge on any atom is 0.0541 e. The van der Waals surface area contributed by atoms with Gasteiger partial charge in [0.15, 0.2) is 0 Å². The van der Waals surface area contributed by atoms with Crippen LogP contribution in [0.25, 0.3) is 82.8 Å². The summed E-state index contributed by atoms with van der Waals surface area (Å²) in [7, 11) is 0. The highest BCUT2D eigenvalue weighted by Crippen LogP contribution is 2.47. The van der Waals surface area contributed by atoms with Gasteiger partial charge in [-0.3, -0.25) is 0 Å². The molecule has 10 aromatic rings. The number of fused-ring (bicyclic) bond motifs is 7. The molecule has 0 spiro atoms. The van der Waals surface area contributed by atoms with E-state index in [4.69, 9.17) is 11.5 Å². The molecule has 0 aliphatic heterocycles. The van der Waals surface area contributed by atoms with E-state index in [9.17, 15) is 0 Å². The Kier molecular flexibility index (Phi) is 13.2. The fourth-order valence-corrected chi connectivity index (χ4v) is 10.3. The number of nitrogens with zero attached hydrogens (tertiary/aromatic N) is 2. The van der Waals surface area contributed by atoms with E-state index < -0.39 is 0 Å². The molecule has 346 valence electrons. The van der Waals surface area contributed by atoms with Crippen LogP contribution in [0, 0.1) is 0 Å². The first-order chi connectivity index (χ1) is 34.9. The van der Waals surface area contributed by atoms with Crippen molar-refractivity contribution in [2.24, 2.45) is 11.5 Å². The van der Waals surface area contributed by atoms with Crippen LogP contribution in [0.15, 0.2) is 267 Å². The molecule has 2 aromatic heterocycles. The molecule has 0 radical (unpaired) electrons. The molecule has 4 N–H and O–H groups in total. The van der Waals surface area contributed by atoms with Crippen molar-refractivity contribution >= 4 is 49.2 Å². The summed E-state index contributed by atoms with van der Waals surface area (Å²) >= 11 is 0. The minimum atomic E-state index is -0.0944. The van der Waals surface area contributed by atoms with E-state index >= 15 is 0 Å². The molecular formula is C67H58N4. The van der Waals surface area contributed by atoms with Gasteiger partial charge in [-0.15, -0.1) is 0 Å². The molecule has 0 saturated carbocycles. The zero-order chi connectivity index (χ0) is 48.7. The predicted octanol–water partition coefficient (Wildman–Crippen LogP) is 16.7. The van der Waals surface area contributed by atoms with Gasteiger partial charge >= 0.3 is 0 Å². The number of allylic oxidation sites excluding steroid dienone is 12. The summed E-state index contributed by atoms with van der Waals surface area (Å²) in [6, 6.07) is 68.6. The largest absolute Gasteiger partial charge is 0.405 e. The Balaban J connectivity index is 0.000000672. The Morgan fingerprint density at radius 2 is 0.972 bits per heavy atom. The summed E-state index contributed by atoms with van der Waals surface area (Å²) in [5, 5.41) is 4.98. The lowest BCUT2D eigenvalue weighted by Crippen LogP contribution is -2.15. The van der Waals surface area contributed by atoms with Gasteiger partial charge in [0.05, 0.1) is 22.1 Å². The van der Waals surface area contributed by atoms with E-state index in [1.54, 1.807) is 12.3 Å². The smallest absolute Gasteiger partial charge is 0.0541 e. The summed E-state index contributed by atoms with van der Waals surface area (Å²) in [6.07, 6.45) is 24.3. The molecule has 8 aromatic carbocycles. The van der Waals surface area contributed by atoms with Crippen LogP contribution >= 0.6 is 0 Å². The van der Waals surface area contributed by atoms with Gasteiger partial charge in [0.2, 0.25) is 0 Å². The highest BCUT2D eigenvalue weighted by atomic mass is 15.0. The number of hydrogen-bond donors (Lipinski definition) is 2. The van der Waals surface area contributed by atoms with Gasteiger partial charge in [0.1, 0.15) is 0 Å². The zero-order valence-corrected chi connectivity index (χ0v) is 40.6. The van der Waals surface area contributed by atoms with Crippen molar-refractivity contribution in [3.8, 4) is 33.6 Å². The summed E-state index contributed by atoms with van der Waals surface area (Å²) in [6.45, 7) is 6.55.